The van der Waals surface area contributed by atoms with E-state index in [2.05, 4.69) is 15.4 Å². The first-order valence-corrected chi connectivity index (χ1v) is 7.19. The van der Waals surface area contributed by atoms with Crippen LogP contribution >= 0.6 is 11.3 Å². The van der Waals surface area contributed by atoms with Crippen LogP contribution in [0, 0.1) is 6.92 Å². The molecule has 0 fully saturated rings. The van der Waals surface area contributed by atoms with E-state index in [1.807, 2.05) is 36.2 Å². The number of hydrogen-bond donors (Lipinski definition) is 1. The molecule has 6 heteroatoms. The van der Waals surface area contributed by atoms with Crippen molar-refractivity contribution in [2.24, 2.45) is 0 Å². The molecule has 0 aliphatic rings. The molecule has 0 unspecified atom stereocenters. The van der Waals surface area contributed by atoms with Crippen molar-refractivity contribution in [3.63, 3.8) is 0 Å². The van der Waals surface area contributed by atoms with Gasteiger partial charge in [0.2, 0.25) is 5.91 Å². The van der Waals surface area contributed by atoms with Crippen LogP contribution in [0.5, 0.6) is 0 Å². The highest BCUT2D eigenvalue weighted by Crippen LogP contribution is 2.08. The summed E-state index contributed by atoms with van der Waals surface area (Å²) in [5, 5.41) is 10.0. The first-order valence-electron chi connectivity index (χ1n) is 6.31. The molecule has 1 N–H and O–H groups in total. The minimum Gasteiger partial charge on any atom is -0.353 e. The summed E-state index contributed by atoms with van der Waals surface area (Å²) in [5.41, 5.74) is 0.847. The van der Waals surface area contributed by atoms with Crippen molar-refractivity contribution in [2.45, 2.75) is 39.3 Å². The van der Waals surface area contributed by atoms with Crippen LogP contribution in [0.4, 0.5) is 0 Å². The monoisotopic (exact) mass is 278 g/mol. The summed E-state index contributed by atoms with van der Waals surface area (Å²) in [4.78, 5) is 16.1. The molecule has 0 bridgehead atoms. The number of rotatable bonds is 6. The highest BCUT2D eigenvalue weighted by molar-refractivity contribution is 7.09. The molecular formula is C13H18N4OS. The second-order valence-corrected chi connectivity index (χ2v) is 5.62. The van der Waals surface area contributed by atoms with Gasteiger partial charge in [-0.25, -0.2) is 4.98 Å². The van der Waals surface area contributed by atoms with Crippen molar-refractivity contribution in [1.29, 1.82) is 0 Å². The number of carbonyl (C=O) groups excluding carboxylic acids is 1. The van der Waals surface area contributed by atoms with E-state index in [0.717, 1.165) is 23.7 Å². The van der Waals surface area contributed by atoms with E-state index < -0.39 is 0 Å². The van der Waals surface area contributed by atoms with Gasteiger partial charge < -0.3 is 5.32 Å². The van der Waals surface area contributed by atoms with Crippen molar-refractivity contribution in [2.75, 3.05) is 0 Å². The summed E-state index contributed by atoms with van der Waals surface area (Å²) in [7, 11) is 0. The lowest BCUT2D eigenvalue weighted by atomic mass is 10.2. The molecule has 0 aliphatic heterocycles. The summed E-state index contributed by atoms with van der Waals surface area (Å²) < 4.78 is 1.87. The maximum absolute atomic E-state index is 11.8. The maximum atomic E-state index is 11.8. The number of nitrogens with zero attached hydrogens (tertiary/aromatic N) is 3. The highest BCUT2D eigenvalue weighted by Gasteiger charge is 2.10. The molecule has 1 atom stereocenters. The van der Waals surface area contributed by atoms with E-state index in [-0.39, 0.29) is 11.9 Å². The van der Waals surface area contributed by atoms with Crippen LogP contribution in [0.1, 0.15) is 24.0 Å². The molecule has 0 aliphatic carbocycles. The standard InChI is InChI=1S/C13H18N4OS/c1-10(4-7-17-6-3-5-14-17)15-13(18)8-12-9-19-11(2)16-12/h3,5-6,9-10H,4,7-8H2,1-2H3,(H,15,18)/t10-/m1/s1. The van der Waals surface area contributed by atoms with Gasteiger partial charge in [-0.1, -0.05) is 0 Å². The molecular weight excluding hydrogens is 260 g/mol. The lowest BCUT2D eigenvalue weighted by molar-refractivity contribution is -0.121. The third-order valence-electron chi connectivity index (χ3n) is 2.77. The highest BCUT2D eigenvalue weighted by atomic mass is 32.1. The number of hydrogen-bond acceptors (Lipinski definition) is 4. The molecule has 2 aromatic rings. The van der Waals surface area contributed by atoms with Crippen molar-refractivity contribution in [1.82, 2.24) is 20.1 Å². The van der Waals surface area contributed by atoms with Crippen molar-refractivity contribution in [3.8, 4) is 0 Å². The van der Waals surface area contributed by atoms with Gasteiger partial charge >= 0.3 is 0 Å². The van der Waals surface area contributed by atoms with Crippen LogP contribution in [0.2, 0.25) is 0 Å². The molecule has 2 rings (SSSR count). The van der Waals surface area contributed by atoms with Crippen molar-refractivity contribution < 1.29 is 4.79 Å². The second-order valence-electron chi connectivity index (χ2n) is 4.56. The van der Waals surface area contributed by atoms with Gasteiger partial charge in [0.1, 0.15) is 0 Å². The number of thiazole rings is 1. The zero-order chi connectivity index (χ0) is 13.7. The predicted octanol–water partition coefficient (Wildman–Crippen LogP) is 1.79. The normalized spacial score (nSPS) is 12.3. The molecule has 2 heterocycles. The molecule has 19 heavy (non-hydrogen) atoms. The fourth-order valence-corrected chi connectivity index (χ4v) is 2.42. The average Bonchev–Trinajstić information content (AvgIpc) is 2.98. The van der Waals surface area contributed by atoms with Gasteiger partial charge in [-0.3, -0.25) is 9.48 Å². The fraction of sp³-hybridized carbons (Fsp3) is 0.462. The summed E-state index contributed by atoms with van der Waals surface area (Å²) in [6.07, 6.45) is 4.90. The third-order valence-corrected chi connectivity index (χ3v) is 3.59. The van der Waals surface area contributed by atoms with Crippen LogP contribution < -0.4 is 5.32 Å². The Labute approximate surface area is 116 Å². The van der Waals surface area contributed by atoms with Crippen molar-refractivity contribution in [3.05, 3.63) is 34.5 Å². The summed E-state index contributed by atoms with van der Waals surface area (Å²) in [5.74, 6) is 0.0262. The van der Waals surface area contributed by atoms with E-state index in [0.29, 0.717) is 6.42 Å². The zero-order valence-corrected chi connectivity index (χ0v) is 12.0. The number of carbonyl (C=O) groups is 1. The van der Waals surface area contributed by atoms with Crippen molar-refractivity contribution >= 4 is 17.2 Å². The van der Waals surface area contributed by atoms with Crippen LogP contribution in [0.15, 0.2) is 23.8 Å². The predicted molar refractivity (Wildman–Crippen MR) is 75.0 cm³/mol. The van der Waals surface area contributed by atoms with Crippen LogP contribution in [-0.2, 0) is 17.8 Å². The smallest absolute Gasteiger partial charge is 0.226 e. The quantitative estimate of drug-likeness (QED) is 0.876. The Morgan fingerprint density at radius 1 is 1.58 bits per heavy atom. The van der Waals surface area contributed by atoms with Gasteiger partial charge in [0.05, 0.1) is 17.1 Å². The number of amides is 1. The molecule has 1 amide bonds. The van der Waals surface area contributed by atoms with E-state index in [1.165, 1.54) is 0 Å². The molecule has 5 nitrogen and oxygen atoms in total. The third kappa shape index (κ3) is 4.48. The number of nitrogens with one attached hydrogen (secondary N) is 1. The van der Waals surface area contributed by atoms with Crippen LogP contribution in [0.25, 0.3) is 0 Å². The van der Waals surface area contributed by atoms with E-state index in [4.69, 9.17) is 0 Å². The first kappa shape index (κ1) is 13.7. The largest absolute Gasteiger partial charge is 0.353 e. The Bertz CT molecular complexity index is 520. The van der Waals surface area contributed by atoms with Gasteiger partial charge in [-0.05, 0) is 26.3 Å². The summed E-state index contributed by atoms with van der Waals surface area (Å²) >= 11 is 1.57. The van der Waals surface area contributed by atoms with E-state index >= 15 is 0 Å². The van der Waals surface area contributed by atoms with Gasteiger partial charge in [0.15, 0.2) is 0 Å². The van der Waals surface area contributed by atoms with E-state index in [9.17, 15) is 4.79 Å². The summed E-state index contributed by atoms with van der Waals surface area (Å²) in [6, 6.07) is 2.03. The lowest BCUT2D eigenvalue weighted by Crippen LogP contribution is -2.34. The molecule has 2 aromatic heterocycles. The second kappa shape index (κ2) is 6.47. The van der Waals surface area contributed by atoms with Gasteiger partial charge in [-0.15, -0.1) is 11.3 Å². The Morgan fingerprint density at radius 3 is 3.05 bits per heavy atom. The Kier molecular flexibility index (Phi) is 4.68. The Balaban J connectivity index is 1.72. The minimum absolute atomic E-state index is 0.0262. The number of aryl methyl sites for hydroxylation is 2. The van der Waals surface area contributed by atoms with Gasteiger partial charge in [-0.2, -0.15) is 5.10 Å². The van der Waals surface area contributed by atoms with Gasteiger partial charge in [0, 0.05) is 30.4 Å². The molecule has 0 saturated carbocycles. The Morgan fingerprint density at radius 2 is 2.42 bits per heavy atom. The zero-order valence-electron chi connectivity index (χ0n) is 11.2. The molecule has 102 valence electrons. The molecule has 0 radical (unpaired) electrons. The average molecular weight is 278 g/mol. The molecule has 0 spiro atoms. The van der Waals surface area contributed by atoms with Gasteiger partial charge in [0.25, 0.3) is 0 Å². The maximum Gasteiger partial charge on any atom is 0.226 e. The molecule has 0 saturated heterocycles. The Hall–Kier alpha value is -1.69. The van der Waals surface area contributed by atoms with E-state index in [1.54, 1.807) is 17.5 Å². The van der Waals surface area contributed by atoms with Crippen LogP contribution in [-0.4, -0.2) is 26.7 Å². The summed E-state index contributed by atoms with van der Waals surface area (Å²) in [6.45, 7) is 4.76. The lowest BCUT2D eigenvalue weighted by Gasteiger charge is -2.13. The number of aromatic nitrogens is 3. The molecule has 0 aromatic carbocycles. The topological polar surface area (TPSA) is 59.8 Å². The fourth-order valence-electron chi connectivity index (χ4n) is 1.81. The SMILES string of the molecule is Cc1nc(CC(=O)N[C@H](C)CCn2cccn2)cs1. The minimum atomic E-state index is 0.0262. The first-order chi connectivity index (χ1) is 9.13. The van der Waals surface area contributed by atoms with Crippen LogP contribution in [0.3, 0.4) is 0 Å².